The van der Waals surface area contributed by atoms with Gasteiger partial charge in [0.2, 0.25) is 0 Å². The summed E-state index contributed by atoms with van der Waals surface area (Å²) < 4.78 is 25.5. The molecule has 0 N–H and O–H groups in total. The maximum Gasteiger partial charge on any atom is 0.300 e. The molecule has 0 bridgehead atoms. The summed E-state index contributed by atoms with van der Waals surface area (Å²) in [5.74, 6) is 0. The molecule has 112 valence electrons. The third kappa shape index (κ3) is 3.13. The molecule has 6 nitrogen and oxygen atoms in total. The minimum Gasteiger partial charge on any atom is -0.269 e. The van der Waals surface area contributed by atoms with E-state index in [4.69, 9.17) is 23.2 Å². The third-order valence-corrected chi connectivity index (χ3v) is 6.47. The van der Waals surface area contributed by atoms with Crippen molar-refractivity contribution in [2.45, 2.75) is 4.21 Å². The van der Waals surface area contributed by atoms with E-state index >= 15 is 0 Å². The fraction of sp³-hybridized carbons (Fsp3) is 0.0909. The van der Waals surface area contributed by atoms with E-state index in [0.717, 1.165) is 10.4 Å². The van der Waals surface area contributed by atoms with E-state index in [1.165, 1.54) is 19.2 Å². The van der Waals surface area contributed by atoms with Crippen LogP contribution >= 0.6 is 34.5 Å². The minimum absolute atomic E-state index is 0.178. The van der Waals surface area contributed by atoms with Crippen molar-refractivity contribution in [1.29, 1.82) is 0 Å². The predicted octanol–water partition coefficient (Wildman–Crippen LogP) is 3.79. The van der Waals surface area contributed by atoms with Gasteiger partial charge in [0, 0.05) is 18.1 Å². The molecule has 10 heteroatoms. The lowest BCUT2D eigenvalue weighted by atomic mass is 10.3. The van der Waals surface area contributed by atoms with Crippen LogP contribution in [0.1, 0.15) is 0 Å². The Morgan fingerprint density at radius 3 is 2.29 bits per heavy atom. The Morgan fingerprint density at radius 1 is 1.24 bits per heavy atom. The van der Waals surface area contributed by atoms with Crippen LogP contribution in [0.3, 0.4) is 0 Å². The Morgan fingerprint density at radius 2 is 1.81 bits per heavy atom. The standard InChI is InChI=1S/C11H8Cl2N2O4S2/c1-14(8-4-2-7(12)3-5-8)21(18,19)10-6-9(15(16)17)11(13)20-10/h2-6H,1H3. The number of hydrogen-bond donors (Lipinski definition) is 0. The molecule has 0 saturated carbocycles. The van der Waals surface area contributed by atoms with Gasteiger partial charge in [0.15, 0.2) is 4.34 Å². The first kappa shape index (κ1) is 16.0. The summed E-state index contributed by atoms with van der Waals surface area (Å²) in [6.45, 7) is 0. The fourth-order valence-corrected chi connectivity index (χ4v) is 4.67. The summed E-state index contributed by atoms with van der Waals surface area (Å²) >= 11 is 12.1. The van der Waals surface area contributed by atoms with Crippen molar-refractivity contribution in [3.63, 3.8) is 0 Å². The smallest absolute Gasteiger partial charge is 0.269 e. The zero-order chi connectivity index (χ0) is 15.8. The Labute approximate surface area is 134 Å². The number of rotatable bonds is 4. The monoisotopic (exact) mass is 366 g/mol. The highest BCUT2D eigenvalue weighted by atomic mass is 35.5. The molecule has 21 heavy (non-hydrogen) atoms. The number of thiophene rings is 1. The van der Waals surface area contributed by atoms with Crippen molar-refractivity contribution in [2.75, 3.05) is 11.4 Å². The summed E-state index contributed by atoms with van der Waals surface area (Å²) in [7, 11) is -2.57. The van der Waals surface area contributed by atoms with Gasteiger partial charge in [-0.25, -0.2) is 8.42 Å². The fourth-order valence-electron chi connectivity index (χ4n) is 1.51. The molecular formula is C11H8Cl2N2O4S2. The van der Waals surface area contributed by atoms with Gasteiger partial charge in [-0.15, -0.1) is 11.3 Å². The summed E-state index contributed by atoms with van der Waals surface area (Å²) in [5, 5.41) is 11.2. The van der Waals surface area contributed by atoms with Crippen molar-refractivity contribution in [3.05, 3.63) is 49.8 Å². The van der Waals surface area contributed by atoms with Crippen LogP contribution in [0.15, 0.2) is 34.5 Å². The average Bonchev–Trinajstić information content (AvgIpc) is 2.82. The SMILES string of the molecule is CN(c1ccc(Cl)cc1)S(=O)(=O)c1cc([N+](=O)[O-])c(Cl)s1. The second kappa shape index (κ2) is 5.80. The highest BCUT2D eigenvalue weighted by Crippen LogP contribution is 2.38. The number of hydrogen-bond acceptors (Lipinski definition) is 5. The van der Waals surface area contributed by atoms with Gasteiger partial charge in [0.1, 0.15) is 4.21 Å². The summed E-state index contributed by atoms with van der Waals surface area (Å²) in [6, 6.07) is 7.11. The topological polar surface area (TPSA) is 80.5 Å². The quantitative estimate of drug-likeness (QED) is 0.608. The molecule has 2 rings (SSSR count). The molecule has 2 aromatic rings. The van der Waals surface area contributed by atoms with Crippen LogP contribution in [0.25, 0.3) is 0 Å². The lowest BCUT2D eigenvalue weighted by molar-refractivity contribution is -0.384. The minimum atomic E-state index is -3.92. The Balaban J connectivity index is 2.44. The van der Waals surface area contributed by atoms with Crippen molar-refractivity contribution in [3.8, 4) is 0 Å². The number of halogens is 2. The molecule has 0 saturated heterocycles. The van der Waals surface area contributed by atoms with Crippen LogP contribution in [-0.2, 0) is 10.0 Å². The normalized spacial score (nSPS) is 11.4. The van der Waals surface area contributed by atoms with Gasteiger partial charge in [-0.1, -0.05) is 23.2 Å². The average molecular weight is 367 g/mol. The van der Waals surface area contributed by atoms with E-state index in [9.17, 15) is 18.5 Å². The molecule has 0 radical (unpaired) electrons. The van der Waals surface area contributed by atoms with E-state index < -0.39 is 20.6 Å². The maximum atomic E-state index is 12.4. The highest BCUT2D eigenvalue weighted by molar-refractivity contribution is 7.94. The van der Waals surface area contributed by atoms with Crippen molar-refractivity contribution < 1.29 is 13.3 Å². The van der Waals surface area contributed by atoms with Gasteiger partial charge in [-0.2, -0.15) is 0 Å². The first-order valence-corrected chi connectivity index (χ1v) is 8.43. The van der Waals surface area contributed by atoms with Gasteiger partial charge in [-0.05, 0) is 24.3 Å². The molecular weight excluding hydrogens is 359 g/mol. The zero-order valence-electron chi connectivity index (χ0n) is 10.5. The Bertz CT molecular complexity index is 787. The van der Waals surface area contributed by atoms with Gasteiger partial charge in [-0.3, -0.25) is 14.4 Å². The molecule has 0 unspecified atom stereocenters. The van der Waals surface area contributed by atoms with Crippen LogP contribution in [-0.4, -0.2) is 20.4 Å². The van der Waals surface area contributed by atoms with Crippen molar-refractivity contribution >= 4 is 55.9 Å². The van der Waals surface area contributed by atoms with Crippen LogP contribution in [0.5, 0.6) is 0 Å². The first-order chi connectivity index (χ1) is 9.73. The molecule has 0 fully saturated rings. The lowest BCUT2D eigenvalue weighted by Crippen LogP contribution is -2.25. The lowest BCUT2D eigenvalue weighted by Gasteiger charge is -2.18. The Kier molecular flexibility index (Phi) is 4.43. The van der Waals surface area contributed by atoms with E-state index in [2.05, 4.69) is 0 Å². The van der Waals surface area contributed by atoms with Crippen LogP contribution < -0.4 is 4.31 Å². The van der Waals surface area contributed by atoms with E-state index in [0.29, 0.717) is 22.0 Å². The van der Waals surface area contributed by atoms with Crippen LogP contribution in [0.2, 0.25) is 9.36 Å². The molecule has 1 aromatic carbocycles. The number of nitro groups is 1. The summed E-state index contributed by atoms with van der Waals surface area (Å²) in [4.78, 5) is 10.0. The van der Waals surface area contributed by atoms with Gasteiger partial charge in [0.05, 0.1) is 10.6 Å². The molecule has 0 aliphatic carbocycles. The second-order valence-corrected chi connectivity index (χ2v) is 8.22. The molecule has 0 aliphatic rings. The largest absolute Gasteiger partial charge is 0.300 e. The molecule has 1 heterocycles. The van der Waals surface area contributed by atoms with E-state index in [1.807, 2.05) is 0 Å². The molecule has 0 spiro atoms. The van der Waals surface area contributed by atoms with Crippen LogP contribution in [0, 0.1) is 10.1 Å². The molecule has 0 amide bonds. The number of benzene rings is 1. The summed E-state index contributed by atoms with van der Waals surface area (Å²) in [6.07, 6.45) is 0. The predicted molar refractivity (Wildman–Crippen MR) is 83.0 cm³/mol. The van der Waals surface area contributed by atoms with Crippen molar-refractivity contribution in [2.24, 2.45) is 0 Å². The van der Waals surface area contributed by atoms with Gasteiger partial charge >= 0.3 is 0 Å². The van der Waals surface area contributed by atoms with Crippen LogP contribution in [0.4, 0.5) is 11.4 Å². The van der Waals surface area contributed by atoms with E-state index in [1.54, 1.807) is 12.1 Å². The first-order valence-electron chi connectivity index (χ1n) is 5.41. The molecule has 0 atom stereocenters. The maximum absolute atomic E-state index is 12.4. The van der Waals surface area contributed by atoms with Gasteiger partial charge < -0.3 is 0 Å². The number of nitrogens with zero attached hydrogens (tertiary/aromatic N) is 2. The van der Waals surface area contributed by atoms with Gasteiger partial charge in [0.25, 0.3) is 15.7 Å². The molecule has 0 aliphatic heterocycles. The number of anilines is 1. The van der Waals surface area contributed by atoms with E-state index in [-0.39, 0.29) is 8.55 Å². The Hall–Kier alpha value is -1.35. The van der Waals surface area contributed by atoms with Crippen molar-refractivity contribution in [1.82, 2.24) is 0 Å². The summed E-state index contributed by atoms with van der Waals surface area (Å²) in [5.41, 5.74) is -0.0451. The second-order valence-electron chi connectivity index (χ2n) is 3.93. The molecule has 1 aromatic heterocycles. The number of sulfonamides is 1. The highest BCUT2D eigenvalue weighted by Gasteiger charge is 2.28. The third-order valence-electron chi connectivity index (χ3n) is 2.65. The zero-order valence-corrected chi connectivity index (χ0v) is 13.6.